The molecule has 0 fully saturated rings. The predicted octanol–water partition coefficient (Wildman–Crippen LogP) is 4.02. The molecule has 0 bridgehead atoms. The minimum atomic E-state index is -0.511. The van der Waals surface area contributed by atoms with Gasteiger partial charge in [-0.1, -0.05) is 62.0 Å². The first-order valence-corrected chi connectivity index (χ1v) is 6.49. The number of carbonyl (C=O) groups is 1. The molecule has 2 aliphatic rings. The number of rotatable bonds is 5. The fraction of sp³-hybridized carbons (Fsp3) is 0.400. The molecule has 1 nitrogen and oxygen atoms in total. The number of halogens is 1. The van der Waals surface area contributed by atoms with Gasteiger partial charge < -0.3 is 0 Å². The Morgan fingerprint density at radius 3 is 1.76 bits per heavy atom. The van der Waals surface area contributed by atoms with E-state index in [2.05, 4.69) is 31.2 Å². The van der Waals surface area contributed by atoms with Crippen molar-refractivity contribution in [2.45, 2.75) is 19.8 Å². The van der Waals surface area contributed by atoms with Gasteiger partial charge in [-0.3, -0.25) is 4.79 Å². The maximum Gasteiger partial charge on any atom is 0.229 e. The summed E-state index contributed by atoms with van der Waals surface area (Å²) in [5.41, 5.74) is -0.511. The smallest absolute Gasteiger partial charge is 0.229 e. The summed E-state index contributed by atoms with van der Waals surface area (Å²) >= 11 is 5.96. The maximum atomic E-state index is 12.1. The lowest BCUT2D eigenvalue weighted by atomic mass is 9.65. The molecule has 0 aliphatic heterocycles. The molecular weight excluding hydrogens is 232 g/mol. The van der Waals surface area contributed by atoms with Crippen molar-refractivity contribution in [3.05, 3.63) is 48.6 Å². The van der Waals surface area contributed by atoms with Crippen LogP contribution in [0, 0.1) is 17.3 Å². The van der Waals surface area contributed by atoms with Crippen molar-refractivity contribution in [3.63, 3.8) is 0 Å². The summed E-state index contributed by atoms with van der Waals surface area (Å²) in [7, 11) is 0. The Labute approximate surface area is 108 Å². The first-order chi connectivity index (χ1) is 8.21. The quantitative estimate of drug-likeness (QED) is 0.672. The van der Waals surface area contributed by atoms with Gasteiger partial charge in [-0.2, -0.15) is 0 Å². The summed E-state index contributed by atoms with van der Waals surface area (Å²) in [6, 6.07) is 0. The fourth-order valence-electron chi connectivity index (χ4n) is 2.88. The van der Waals surface area contributed by atoms with Gasteiger partial charge >= 0.3 is 0 Å². The van der Waals surface area contributed by atoms with Crippen molar-refractivity contribution in [1.82, 2.24) is 0 Å². The third-order valence-corrected chi connectivity index (χ3v) is 4.07. The Bertz CT molecular complexity index is 363. The molecule has 2 rings (SSSR count). The van der Waals surface area contributed by atoms with E-state index in [0.29, 0.717) is 0 Å². The normalized spacial score (nSPS) is 19.6. The molecule has 0 unspecified atom stereocenters. The Morgan fingerprint density at radius 1 is 1.06 bits per heavy atom. The summed E-state index contributed by atoms with van der Waals surface area (Å²) in [4.78, 5) is 12.1. The Morgan fingerprint density at radius 2 is 1.47 bits per heavy atom. The summed E-state index contributed by atoms with van der Waals surface area (Å²) in [5, 5.41) is -0.221. The zero-order valence-electron chi connectivity index (χ0n) is 9.97. The Kier molecular flexibility index (Phi) is 3.68. The summed E-state index contributed by atoms with van der Waals surface area (Å²) < 4.78 is 0. The van der Waals surface area contributed by atoms with Gasteiger partial charge in [0.1, 0.15) is 0 Å². The van der Waals surface area contributed by atoms with E-state index in [0.717, 1.165) is 12.8 Å². The Hall–Kier alpha value is -1.08. The minimum absolute atomic E-state index is 0.116. The van der Waals surface area contributed by atoms with Crippen LogP contribution in [0.15, 0.2) is 48.6 Å². The predicted molar refractivity (Wildman–Crippen MR) is 71.7 cm³/mol. The average Bonchev–Trinajstić information content (AvgIpc) is 2.98. The molecule has 90 valence electrons. The topological polar surface area (TPSA) is 17.1 Å². The van der Waals surface area contributed by atoms with Crippen LogP contribution in [0.4, 0.5) is 0 Å². The number of carbonyl (C=O) groups excluding carboxylic acids is 1. The molecule has 0 saturated heterocycles. The second-order valence-electron chi connectivity index (χ2n) is 4.66. The minimum Gasteiger partial charge on any atom is -0.281 e. The van der Waals surface area contributed by atoms with Crippen LogP contribution in [-0.4, -0.2) is 5.24 Å². The van der Waals surface area contributed by atoms with Crippen molar-refractivity contribution >= 4 is 16.8 Å². The standard InChI is InChI=1S/C15H17ClO/c1-2-11-15(14(16)17,12-7-3-4-8-12)13-9-5-6-10-13/h3-10,12-13H,2,11H2,1H3. The van der Waals surface area contributed by atoms with Gasteiger partial charge in [0.15, 0.2) is 0 Å². The van der Waals surface area contributed by atoms with Gasteiger partial charge in [-0.05, 0) is 18.0 Å². The van der Waals surface area contributed by atoms with Gasteiger partial charge in [0.2, 0.25) is 5.24 Å². The number of allylic oxidation sites excluding steroid dienone is 8. The van der Waals surface area contributed by atoms with Crippen LogP contribution >= 0.6 is 11.6 Å². The molecule has 0 heterocycles. The van der Waals surface area contributed by atoms with Crippen molar-refractivity contribution < 1.29 is 4.79 Å². The van der Waals surface area contributed by atoms with Crippen LogP contribution in [0.25, 0.3) is 0 Å². The second-order valence-corrected chi connectivity index (χ2v) is 5.00. The molecule has 0 amide bonds. The molecule has 0 saturated carbocycles. The van der Waals surface area contributed by atoms with Crippen LogP contribution in [0.1, 0.15) is 19.8 Å². The molecule has 0 aromatic heterocycles. The van der Waals surface area contributed by atoms with Gasteiger partial charge in [-0.25, -0.2) is 0 Å². The summed E-state index contributed by atoms with van der Waals surface area (Å²) in [6.07, 6.45) is 18.1. The van der Waals surface area contributed by atoms with E-state index in [4.69, 9.17) is 11.6 Å². The van der Waals surface area contributed by atoms with E-state index in [1.54, 1.807) is 0 Å². The highest BCUT2D eigenvalue weighted by atomic mass is 35.5. The number of hydrogen-bond acceptors (Lipinski definition) is 1. The van der Waals surface area contributed by atoms with Crippen molar-refractivity contribution in [1.29, 1.82) is 0 Å². The van der Waals surface area contributed by atoms with Gasteiger partial charge in [-0.15, -0.1) is 0 Å². The summed E-state index contributed by atoms with van der Waals surface area (Å²) in [6.45, 7) is 2.10. The highest BCUT2D eigenvalue weighted by Gasteiger charge is 2.47. The molecule has 2 heteroatoms. The lowest BCUT2D eigenvalue weighted by Gasteiger charge is -2.38. The maximum absolute atomic E-state index is 12.1. The van der Waals surface area contributed by atoms with E-state index < -0.39 is 5.41 Å². The SMILES string of the molecule is CCCC(C(=O)Cl)(C1C=CC=C1)C1C=CC=C1. The monoisotopic (exact) mass is 248 g/mol. The molecule has 0 aromatic rings. The molecule has 0 aromatic carbocycles. The largest absolute Gasteiger partial charge is 0.281 e. The Balaban J connectivity index is 2.41. The van der Waals surface area contributed by atoms with Gasteiger partial charge in [0, 0.05) is 11.8 Å². The van der Waals surface area contributed by atoms with E-state index >= 15 is 0 Å². The molecule has 0 N–H and O–H groups in total. The first-order valence-electron chi connectivity index (χ1n) is 6.11. The highest BCUT2D eigenvalue weighted by molar-refractivity contribution is 6.64. The summed E-state index contributed by atoms with van der Waals surface area (Å²) in [5.74, 6) is 0.231. The van der Waals surface area contributed by atoms with Crippen LogP contribution in [-0.2, 0) is 4.79 Å². The molecule has 2 aliphatic carbocycles. The van der Waals surface area contributed by atoms with Crippen LogP contribution in [0.5, 0.6) is 0 Å². The van der Waals surface area contributed by atoms with E-state index in [9.17, 15) is 4.79 Å². The van der Waals surface area contributed by atoms with E-state index in [1.807, 2.05) is 24.3 Å². The zero-order valence-corrected chi connectivity index (χ0v) is 10.7. The molecule has 17 heavy (non-hydrogen) atoms. The van der Waals surface area contributed by atoms with Gasteiger partial charge in [0.05, 0.1) is 5.41 Å². The zero-order chi connectivity index (χ0) is 12.3. The van der Waals surface area contributed by atoms with Crippen LogP contribution < -0.4 is 0 Å². The third-order valence-electron chi connectivity index (χ3n) is 3.72. The molecule has 0 radical (unpaired) electrons. The second kappa shape index (κ2) is 5.05. The molecular formula is C15H17ClO. The van der Waals surface area contributed by atoms with Gasteiger partial charge in [0.25, 0.3) is 0 Å². The lowest BCUT2D eigenvalue weighted by Crippen LogP contribution is -2.39. The number of hydrogen-bond donors (Lipinski definition) is 0. The lowest BCUT2D eigenvalue weighted by molar-refractivity contribution is -0.123. The third kappa shape index (κ3) is 2.04. The highest BCUT2D eigenvalue weighted by Crippen LogP contribution is 2.47. The molecule has 0 spiro atoms. The van der Waals surface area contributed by atoms with Crippen LogP contribution in [0.2, 0.25) is 0 Å². The fourth-order valence-corrected chi connectivity index (χ4v) is 3.23. The van der Waals surface area contributed by atoms with Crippen molar-refractivity contribution in [3.8, 4) is 0 Å². The molecule has 0 atom stereocenters. The first kappa shape index (κ1) is 12.4. The average molecular weight is 249 g/mol. The van der Waals surface area contributed by atoms with E-state index in [-0.39, 0.29) is 17.1 Å². The van der Waals surface area contributed by atoms with E-state index in [1.165, 1.54) is 0 Å². The van der Waals surface area contributed by atoms with Crippen molar-refractivity contribution in [2.75, 3.05) is 0 Å². The van der Waals surface area contributed by atoms with Crippen LogP contribution in [0.3, 0.4) is 0 Å². The van der Waals surface area contributed by atoms with Crippen molar-refractivity contribution in [2.24, 2.45) is 17.3 Å².